The molecule has 0 aromatic heterocycles. The lowest BCUT2D eigenvalue weighted by Crippen LogP contribution is -2.53. The van der Waals surface area contributed by atoms with E-state index in [0.29, 0.717) is 24.4 Å². The van der Waals surface area contributed by atoms with Gasteiger partial charge in [-0.05, 0) is 29.7 Å². The fourth-order valence-electron chi connectivity index (χ4n) is 3.42. The lowest BCUT2D eigenvalue weighted by atomic mass is 10.1. The van der Waals surface area contributed by atoms with E-state index in [4.69, 9.17) is 5.73 Å². The molecule has 28 heavy (non-hydrogen) atoms. The van der Waals surface area contributed by atoms with Crippen molar-refractivity contribution in [3.63, 3.8) is 0 Å². The summed E-state index contributed by atoms with van der Waals surface area (Å²) in [4.78, 5) is 17.1. The predicted molar refractivity (Wildman–Crippen MR) is 110 cm³/mol. The molecule has 2 aromatic carbocycles. The monoisotopic (exact) mass is 401 g/mol. The summed E-state index contributed by atoms with van der Waals surface area (Å²) in [5, 5.41) is 0. The first-order valence-corrected chi connectivity index (χ1v) is 11.3. The molecule has 0 aliphatic carbocycles. The van der Waals surface area contributed by atoms with Crippen molar-refractivity contribution in [2.24, 2.45) is 5.73 Å². The molecule has 2 N–H and O–H groups in total. The molecule has 150 valence electrons. The summed E-state index contributed by atoms with van der Waals surface area (Å²) in [7, 11) is -3.17. The second-order valence-corrected chi connectivity index (χ2v) is 9.33. The molecule has 0 saturated carbocycles. The van der Waals surface area contributed by atoms with E-state index in [0.717, 1.165) is 30.8 Å². The van der Waals surface area contributed by atoms with Gasteiger partial charge in [0.2, 0.25) is 5.91 Å². The molecule has 1 atom stereocenters. The number of hydrogen-bond donors (Lipinski definition) is 1. The third kappa shape index (κ3) is 5.41. The normalized spacial score (nSPS) is 16.7. The van der Waals surface area contributed by atoms with Crippen LogP contribution in [0.1, 0.15) is 11.1 Å². The number of amides is 1. The van der Waals surface area contributed by atoms with Crippen LogP contribution >= 0.6 is 0 Å². The van der Waals surface area contributed by atoms with E-state index in [1.165, 1.54) is 6.26 Å². The lowest BCUT2D eigenvalue weighted by Gasteiger charge is -2.36. The number of carbonyl (C=O) groups is 1. The second kappa shape index (κ2) is 8.86. The number of rotatable bonds is 6. The fraction of sp³-hybridized carbons (Fsp3) is 0.381. The fourth-order valence-corrected chi connectivity index (χ4v) is 4.05. The zero-order valence-corrected chi connectivity index (χ0v) is 16.9. The van der Waals surface area contributed by atoms with Crippen LogP contribution in [0.3, 0.4) is 0 Å². The van der Waals surface area contributed by atoms with Crippen LogP contribution < -0.4 is 5.73 Å². The van der Waals surface area contributed by atoms with Gasteiger partial charge in [0.25, 0.3) is 0 Å². The predicted octanol–water partition coefficient (Wildman–Crippen LogP) is 1.30. The molecule has 1 amide bonds. The summed E-state index contributed by atoms with van der Waals surface area (Å²) >= 11 is 0. The Morgan fingerprint density at radius 3 is 2.14 bits per heavy atom. The highest BCUT2D eigenvalue weighted by Crippen LogP contribution is 2.14. The average molecular weight is 402 g/mol. The number of piperazine rings is 1. The van der Waals surface area contributed by atoms with Crippen LogP contribution in [0.25, 0.3) is 0 Å². The van der Waals surface area contributed by atoms with Crippen LogP contribution in [0.15, 0.2) is 59.5 Å². The van der Waals surface area contributed by atoms with Crippen molar-refractivity contribution in [3.05, 3.63) is 65.7 Å². The number of nitrogens with two attached hydrogens (primary N) is 1. The summed E-state index contributed by atoms with van der Waals surface area (Å²) in [6.07, 6.45) is 1.76. The van der Waals surface area contributed by atoms with E-state index in [9.17, 15) is 13.2 Å². The molecule has 7 heteroatoms. The first-order valence-electron chi connectivity index (χ1n) is 9.42. The first kappa shape index (κ1) is 20.5. The summed E-state index contributed by atoms with van der Waals surface area (Å²) < 4.78 is 23.1. The summed E-state index contributed by atoms with van der Waals surface area (Å²) in [6, 6.07) is 16.3. The van der Waals surface area contributed by atoms with Gasteiger partial charge in [-0.15, -0.1) is 0 Å². The van der Waals surface area contributed by atoms with Crippen LogP contribution in [-0.4, -0.2) is 62.6 Å². The minimum Gasteiger partial charge on any atom is -0.339 e. The molecule has 0 bridgehead atoms. The SMILES string of the molecule is CS(=O)(=O)c1ccc(CN2CCN(C(=O)[C@@H](N)Cc3ccccc3)CC2)cc1. The third-order valence-corrected chi connectivity index (χ3v) is 6.19. The largest absolute Gasteiger partial charge is 0.339 e. The Morgan fingerprint density at radius 1 is 0.964 bits per heavy atom. The molecular weight excluding hydrogens is 374 g/mol. The van der Waals surface area contributed by atoms with Crippen molar-refractivity contribution < 1.29 is 13.2 Å². The van der Waals surface area contributed by atoms with E-state index in [1.807, 2.05) is 47.4 Å². The second-order valence-electron chi connectivity index (χ2n) is 7.31. The highest BCUT2D eigenvalue weighted by Gasteiger charge is 2.25. The zero-order valence-electron chi connectivity index (χ0n) is 16.1. The Bertz CT molecular complexity index is 890. The van der Waals surface area contributed by atoms with Crippen molar-refractivity contribution >= 4 is 15.7 Å². The number of carbonyl (C=O) groups excluding carboxylic acids is 1. The van der Waals surface area contributed by atoms with Crippen molar-refractivity contribution in [1.82, 2.24) is 9.80 Å². The zero-order chi connectivity index (χ0) is 20.1. The number of hydrogen-bond acceptors (Lipinski definition) is 5. The Balaban J connectivity index is 1.49. The van der Waals surface area contributed by atoms with E-state index in [-0.39, 0.29) is 5.91 Å². The van der Waals surface area contributed by atoms with Crippen molar-refractivity contribution in [1.29, 1.82) is 0 Å². The highest BCUT2D eigenvalue weighted by atomic mass is 32.2. The van der Waals surface area contributed by atoms with Gasteiger partial charge in [0.1, 0.15) is 0 Å². The molecule has 2 aromatic rings. The van der Waals surface area contributed by atoms with Gasteiger partial charge in [0.15, 0.2) is 9.84 Å². The molecule has 1 heterocycles. The molecule has 1 aliphatic rings. The van der Waals surface area contributed by atoms with Crippen molar-refractivity contribution in [3.8, 4) is 0 Å². The number of benzene rings is 2. The lowest BCUT2D eigenvalue weighted by molar-refractivity contribution is -0.134. The average Bonchev–Trinajstić information content (AvgIpc) is 2.68. The van der Waals surface area contributed by atoms with Crippen LogP contribution in [0.4, 0.5) is 0 Å². The molecule has 1 aliphatic heterocycles. The van der Waals surface area contributed by atoms with Gasteiger partial charge in [-0.2, -0.15) is 0 Å². The Labute approximate surface area is 166 Å². The highest BCUT2D eigenvalue weighted by molar-refractivity contribution is 7.90. The number of nitrogens with zero attached hydrogens (tertiary/aromatic N) is 2. The topological polar surface area (TPSA) is 83.7 Å². The summed E-state index contributed by atoms with van der Waals surface area (Å²) in [5.41, 5.74) is 8.27. The van der Waals surface area contributed by atoms with Crippen LogP contribution in [0.2, 0.25) is 0 Å². The molecule has 0 spiro atoms. The van der Waals surface area contributed by atoms with Crippen LogP contribution in [-0.2, 0) is 27.6 Å². The quantitative estimate of drug-likeness (QED) is 0.789. The molecule has 3 rings (SSSR count). The van der Waals surface area contributed by atoms with Crippen LogP contribution in [0, 0.1) is 0 Å². The van der Waals surface area contributed by atoms with Crippen molar-refractivity contribution in [2.75, 3.05) is 32.4 Å². The Morgan fingerprint density at radius 2 is 1.57 bits per heavy atom. The minimum atomic E-state index is -3.17. The van der Waals surface area contributed by atoms with Crippen molar-refractivity contribution in [2.45, 2.75) is 23.9 Å². The van der Waals surface area contributed by atoms with Gasteiger partial charge in [0.05, 0.1) is 10.9 Å². The van der Waals surface area contributed by atoms with E-state index in [2.05, 4.69) is 4.90 Å². The molecule has 1 saturated heterocycles. The van der Waals surface area contributed by atoms with E-state index < -0.39 is 15.9 Å². The van der Waals surface area contributed by atoms with E-state index >= 15 is 0 Å². The standard InChI is InChI=1S/C21H27N3O3S/c1-28(26,27)19-9-7-18(8-10-19)16-23-11-13-24(14-12-23)21(25)20(22)15-17-5-3-2-4-6-17/h2-10,20H,11-16,22H2,1H3/t20-/m0/s1. The van der Waals surface area contributed by atoms with E-state index in [1.54, 1.807) is 12.1 Å². The number of sulfone groups is 1. The first-order chi connectivity index (χ1) is 13.3. The molecule has 0 radical (unpaired) electrons. The summed E-state index contributed by atoms with van der Waals surface area (Å²) in [6.45, 7) is 3.60. The Kier molecular flexibility index (Phi) is 6.49. The van der Waals surface area contributed by atoms with Gasteiger partial charge >= 0.3 is 0 Å². The molecule has 6 nitrogen and oxygen atoms in total. The van der Waals surface area contributed by atoms with Gasteiger partial charge in [-0.1, -0.05) is 42.5 Å². The van der Waals surface area contributed by atoms with Gasteiger partial charge in [0, 0.05) is 39.0 Å². The molecule has 1 fully saturated rings. The maximum atomic E-state index is 12.6. The Hall–Kier alpha value is -2.22. The molecule has 0 unspecified atom stereocenters. The molecular formula is C21H27N3O3S. The van der Waals surface area contributed by atoms with Gasteiger partial charge in [-0.3, -0.25) is 9.69 Å². The van der Waals surface area contributed by atoms with Crippen LogP contribution in [0.5, 0.6) is 0 Å². The smallest absolute Gasteiger partial charge is 0.239 e. The maximum Gasteiger partial charge on any atom is 0.239 e. The van der Waals surface area contributed by atoms with Gasteiger partial charge < -0.3 is 10.6 Å². The summed E-state index contributed by atoms with van der Waals surface area (Å²) in [5.74, 6) is 0.000934. The third-order valence-electron chi connectivity index (χ3n) is 5.06. The van der Waals surface area contributed by atoms with Gasteiger partial charge in [-0.25, -0.2) is 8.42 Å². The maximum absolute atomic E-state index is 12.6. The minimum absolute atomic E-state index is 0.000934.